The van der Waals surface area contributed by atoms with E-state index in [1.807, 2.05) is 0 Å². The number of halogens is 3. The van der Waals surface area contributed by atoms with Gasteiger partial charge in [-0.1, -0.05) is 24.3 Å². The summed E-state index contributed by atoms with van der Waals surface area (Å²) >= 11 is 0. The van der Waals surface area contributed by atoms with Crippen molar-refractivity contribution >= 4 is 11.9 Å². The first kappa shape index (κ1) is 17.6. The molecule has 0 aromatic heterocycles. The van der Waals surface area contributed by atoms with Crippen molar-refractivity contribution in [3.63, 3.8) is 0 Å². The fraction of sp³-hybridized carbons (Fsp3) is 0.167. The number of rotatable bonds is 5. The van der Waals surface area contributed by atoms with E-state index in [9.17, 15) is 23.1 Å². The second kappa shape index (κ2) is 7.21. The molecule has 2 aromatic carbocycles. The number of benzene rings is 2. The van der Waals surface area contributed by atoms with Crippen molar-refractivity contribution in [1.29, 1.82) is 0 Å². The van der Waals surface area contributed by atoms with Crippen LogP contribution in [0, 0.1) is 0 Å². The lowest BCUT2D eigenvalue weighted by atomic mass is 10.1. The number of hydrogen-bond acceptors (Lipinski definition) is 3. The molecular formula is C18H15F3O3. The molecule has 0 aliphatic carbocycles. The van der Waals surface area contributed by atoms with Crippen LogP contribution in [0.5, 0.6) is 11.5 Å². The Labute approximate surface area is 137 Å². The van der Waals surface area contributed by atoms with Crippen molar-refractivity contribution in [2.45, 2.75) is 13.1 Å². The molecule has 0 aliphatic rings. The zero-order valence-corrected chi connectivity index (χ0v) is 12.8. The van der Waals surface area contributed by atoms with E-state index in [-0.39, 0.29) is 11.3 Å². The predicted molar refractivity (Wildman–Crippen MR) is 84.1 cm³/mol. The fourth-order valence-electron chi connectivity index (χ4n) is 2.00. The van der Waals surface area contributed by atoms with Crippen molar-refractivity contribution in [2.24, 2.45) is 0 Å². The van der Waals surface area contributed by atoms with Gasteiger partial charge in [0.05, 0.1) is 12.2 Å². The summed E-state index contributed by atoms with van der Waals surface area (Å²) in [5.74, 6) is -0.139. The molecule has 1 N–H and O–H groups in total. The zero-order chi connectivity index (χ0) is 17.7. The number of ether oxygens (including phenoxy) is 1. The summed E-state index contributed by atoms with van der Waals surface area (Å²) in [5.41, 5.74) is -0.0255. The molecule has 2 aromatic rings. The van der Waals surface area contributed by atoms with Gasteiger partial charge in [0.2, 0.25) is 0 Å². The Morgan fingerprint density at radius 1 is 1.17 bits per heavy atom. The first-order chi connectivity index (χ1) is 11.3. The lowest BCUT2D eigenvalue weighted by molar-refractivity contribution is -0.137. The maximum Gasteiger partial charge on any atom is 0.416 e. The maximum atomic E-state index is 12.5. The van der Waals surface area contributed by atoms with E-state index < -0.39 is 17.5 Å². The Bertz CT molecular complexity index is 747. The largest absolute Gasteiger partial charge is 0.504 e. The summed E-state index contributed by atoms with van der Waals surface area (Å²) in [7, 11) is 0. The second-order valence-electron chi connectivity index (χ2n) is 4.93. The first-order valence-electron chi connectivity index (χ1n) is 7.16. The van der Waals surface area contributed by atoms with Crippen molar-refractivity contribution in [1.82, 2.24) is 0 Å². The van der Waals surface area contributed by atoms with Crippen LogP contribution >= 0.6 is 0 Å². The van der Waals surface area contributed by atoms with Gasteiger partial charge in [-0.25, -0.2) is 0 Å². The summed E-state index contributed by atoms with van der Waals surface area (Å²) in [5, 5.41) is 9.61. The van der Waals surface area contributed by atoms with Gasteiger partial charge < -0.3 is 9.84 Å². The third kappa shape index (κ3) is 4.38. The van der Waals surface area contributed by atoms with Crippen LogP contribution in [0.4, 0.5) is 13.2 Å². The highest BCUT2D eigenvalue weighted by atomic mass is 19.4. The van der Waals surface area contributed by atoms with Gasteiger partial charge in [0.1, 0.15) is 0 Å². The second-order valence-corrected chi connectivity index (χ2v) is 4.93. The Morgan fingerprint density at radius 2 is 1.83 bits per heavy atom. The molecule has 24 heavy (non-hydrogen) atoms. The Hall–Kier alpha value is -2.76. The molecule has 2 rings (SSSR count). The molecular weight excluding hydrogens is 321 g/mol. The van der Waals surface area contributed by atoms with Crippen LogP contribution in [-0.2, 0) is 6.18 Å². The number of aromatic hydroxyl groups is 1. The van der Waals surface area contributed by atoms with E-state index in [1.54, 1.807) is 19.1 Å². The zero-order valence-electron chi connectivity index (χ0n) is 12.8. The van der Waals surface area contributed by atoms with Crippen LogP contribution in [0.1, 0.15) is 28.4 Å². The highest BCUT2D eigenvalue weighted by Crippen LogP contribution is 2.29. The standard InChI is InChI=1S/C18H15F3O3/c1-2-24-17-11-12(4-10-16(17)23)3-9-15(22)13-5-7-14(8-6-13)18(19,20)21/h3-11,23H,2H2,1H3/b9-3+. The van der Waals surface area contributed by atoms with Crippen LogP contribution < -0.4 is 4.74 Å². The summed E-state index contributed by atoms with van der Waals surface area (Å²) in [6.07, 6.45) is -1.67. The summed E-state index contributed by atoms with van der Waals surface area (Å²) in [6, 6.07) is 8.61. The molecule has 0 fully saturated rings. The molecule has 126 valence electrons. The lowest BCUT2D eigenvalue weighted by Crippen LogP contribution is -2.05. The number of phenolic OH excluding ortho intramolecular Hbond substituents is 1. The van der Waals surface area contributed by atoms with Gasteiger partial charge in [-0.2, -0.15) is 13.2 Å². The molecule has 3 nitrogen and oxygen atoms in total. The molecule has 0 atom stereocenters. The highest BCUT2D eigenvalue weighted by Gasteiger charge is 2.30. The molecule has 0 unspecified atom stereocenters. The van der Waals surface area contributed by atoms with Gasteiger partial charge in [0.25, 0.3) is 0 Å². The SMILES string of the molecule is CCOc1cc(/C=C/C(=O)c2ccc(C(F)(F)F)cc2)ccc1O. The number of carbonyl (C=O) groups excluding carboxylic acids is 1. The Balaban J connectivity index is 2.14. The third-order valence-electron chi connectivity index (χ3n) is 3.21. The molecule has 6 heteroatoms. The van der Waals surface area contributed by atoms with Crippen LogP contribution in [0.3, 0.4) is 0 Å². The Kier molecular flexibility index (Phi) is 5.28. The van der Waals surface area contributed by atoms with Gasteiger partial charge in [-0.3, -0.25) is 4.79 Å². The number of carbonyl (C=O) groups is 1. The van der Waals surface area contributed by atoms with E-state index in [1.165, 1.54) is 18.2 Å². The number of allylic oxidation sites excluding steroid dienone is 1. The van der Waals surface area contributed by atoms with Crippen molar-refractivity contribution < 1.29 is 27.8 Å². The van der Waals surface area contributed by atoms with E-state index in [4.69, 9.17) is 4.74 Å². The summed E-state index contributed by atoms with van der Waals surface area (Å²) < 4.78 is 42.7. The smallest absolute Gasteiger partial charge is 0.416 e. The molecule has 0 bridgehead atoms. The number of ketones is 1. The van der Waals surface area contributed by atoms with E-state index in [0.29, 0.717) is 17.9 Å². The minimum atomic E-state index is -4.43. The molecule has 0 heterocycles. The normalized spacial score (nSPS) is 11.7. The van der Waals surface area contributed by atoms with Gasteiger partial charge in [-0.05, 0) is 42.8 Å². The molecule has 0 spiro atoms. The lowest BCUT2D eigenvalue weighted by Gasteiger charge is -2.07. The van der Waals surface area contributed by atoms with Gasteiger partial charge in [0.15, 0.2) is 17.3 Å². The average molecular weight is 336 g/mol. The van der Waals surface area contributed by atoms with E-state index in [0.717, 1.165) is 24.3 Å². The number of alkyl halides is 3. The monoisotopic (exact) mass is 336 g/mol. The van der Waals surface area contributed by atoms with Gasteiger partial charge in [-0.15, -0.1) is 0 Å². The fourth-order valence-corrected chi connectivity index (χ4v) is 2.00. The molecule has 0 amide bonds. The third-order valence-corrected chi connectivity index (χ3v) is 3.21. The van der Waals surface area contributed by atoms with Crippen LogP contribution in [0.15, 0.2) is 48.5 Å². The van der Waals surface area contributed by atoms with Crippen LogP contribution in [0.2, 0.25) is 0 Å². The number of phenols is 1. The molecule has 0 radical (unpaired) electrons. The molecule has 0 saturated heterocycles. The highest BCUT2D eigenvalue weighted by molar-refractivity contribution is 6.06. The van der Waals surface area contributed by atoms with Crippen LogP contribution in [0.25, 0.3) is 6.08 Å². The van der Waals surface area contributed by atoms with Gasteiger partial charge >= 0.3 is 6.18 Å². The first-order valence-corrected chi connectivity index (χ1v) is 7.16. The van der Waals surface area contributed by atoms with E-state index in [2.05, 4.69) is 0 Å². The van der Waals surface area contributed by atoms with Crippen molar-refractivity contribution in [2.75, 3.05) is 6.61 Å². The maximum absolute atomic E-state index is 12.5. The summed E-state index contributed by atoms with van der Waals surface area (Å²) in [6.45, 7) is 2.15. The molecule has 0 saturated carbocycles. The topological polar surface area (TPSA) is 46.5 Å². The summed E-state index contributed by atoms with van der Waals surface area (Å²) in [4.78, 5) is 12.0. The molecule has 0 aliphatic heterocycles. The van der Waals surface area contributed by atoms with Gasteiger partial charge in [0, 0.05) is 5.56 Å². The van der Waals surface area contributed by atoms with Crippen molar-refractivity contribution in [3.8, 4) is 11.5 Å². The van der Waals surface area contributed by atoms with Crippen molar-refractivity contribution in [3.05, 3.63) is 65.2 Å². The van der Waals surface area contributed by atoms with Crippen LogP contribution in [-0.4, -0.2) is 17.5 Å². The quantitative estimate of drug-likeness (QED) is 0.635. The Morgan fingerprint density at radius 3 is 2.42 bits per heavy atom. The predicted octanol–water partition coefficient (Wildman–Crippen LogP) is 4.71. The average Bonchev–Trinajstić information content (AvgIpc) is 2.55. The number of hydrogen-bond donors (Lipinski definition) is 1. The van der Waals surface area contributed by atoms with E-state index >= 15 is 0 Å². The minimum Gasteiger partial charge on any atom is -0.504 e. The minimum absolute atomic E-state index is 0.0111.